The molecule has 0 fully saturated rings. The Labute approximate surface area is 262 Å². The van der Waals surface area contributed by atoms with Crippen molar-refractivity contribution in [2.45, 2.75) is 0 Å². The quantitative estimate of drug-likeness (QED) is 0.202. The minimum atomic E-state index is 0.981. The van der Waals surface area contributed by atoms with Crippen molar-refractivity contribution < 1.29 is 0 Å². The van der Waals surface area contributed by atoms with E-state index >= 15 is 0 Å². The van der Waals surface area contributed by atoms with Crippen molar-refractivity contribution in [3.8, 4) is 44.6 Å². The molecule has 0 radical (unpaired) electrons. The highest BCUT2D eigenvalue weighted by atomic mass is 32.1. The fraction of sp³-hybridized carbons (Fsp3) is 0. The summed E-state index contributed by atoms with van der Waals surface area (Å²) in [6.07, 6.45) is 1.71. The Morgan fingerprint density at radius 1 is 0.386 bits per heavy atom. The molecule has 0 aliphatic carbocycles. The van der Waals surface area contributed by atoms with E-state index in [1.165, 1.54) is 63.6 Å². The van der Waals surface area contributed by atoms with Crippen LogP contribution in [0.3, 0.4) is 0 Å². The number of hydrogen-bond acceptors (Lipinski definition) is 4. The summed E-state index contributed by atoms with van der Waals surface area (Å²) in [5.41, 5.74) is 10.4. The van der Waals surface area contributed by atoms with Crippen molar-refractivity contribution in [3.05, 3.63) is 146 Å². The number of thiophene rings is 2. The molecule has 0 aliphatic heterocycles. The molecule has 0 aliphatic rings. The van der Waals surface area contributed by atoms with Crippen LogP contribution < -0.4 is 0 Å². The number of aromatic nitrogens is 2. The molecule has 4 heteroatoms. The lowest BCUT2D eigenvalue weighted by Crippen LogP contribution is -1.87. The van der Waals surface area contributed by atoms with Crippen LogP contribution >= 0.6 is 22.7 Å². The molecular weight excluding hydrogens is 573 g/mol. The van der Waals surface area contributed by atoms with Crippen molar-refractivity contribution in [3.63, 3.8) is 0 Å². The van der Waals surface area contributed by atoms with Gasteiger partial charge in [-0.15, -0.1) is 22.7 Å². The average Bonchev–Trinajstić information content (AvgIpc) is 3.67. The molecule has 0 atom stereocenters. The first-order valence-electron chi connectivity index (χ1n) is 14.6. The van der Waals surface area contributed by atoms with Gasteiger partial charge in [-0.2, -0.15) is 0 Å². The van der Waals surface area contributed by atoms with E-state index in [2.05, 4.69) is 140 Å². The van der Waals surface area contributed by atoms with E-state index in [0.29, 0.717) is 0 Å². The topological polar surface area (TPSA) is 25.8 Å². The van der Waals surface area contributed by atoms with Crippen LogP contribution in [-0.2, 0) is 0 Å². The summed E-state index contributed by atoms with van der Waals surface area (Å²) in [5, 5.41) is 3.80. The summed E-state index contributed by atoms with van der Waals surface area (Å²) in [7, 11) is 0. The maximum atomic E-state index is 4.83. The molecule has 6 aromatic carbocycles. The number of rotatable bonds is 4. The van der Waals surface area contributed by atoms with Crippen LogP contribution in [0.4, 0.5) is 0 Å². The van der Waals surface area contributed by atoms with Crippen molar-refractivity contribution in [2.24, 2.45) is 0 Å². The maximum absolute atomic E-state index is 4.83. The maximum Gasteiger partial charge on any atom is 0.116 e. The largest absolute Gasteiger partial charge is 0.235 e. The van der Waals surface area contributed by atoms with Crippen LogP contribution in [0.25, 0.3) is 85.1 Å². The third-order valence-corrected chi connectivity index (χ3v) is 10.8. The van der Waals surface area contributed by atoms with Gasteiger partial charge in [-0.05, 0) is 63.7 Å². The van der Waals surface area contributed by atoms with Gasteiger partial charge in [-0.1, -0.05) is 109 Å². The van der Waals surface area contributed by atoms with Gasteiger partial charge >= 0.3 is 0 Å². The SMILES string of the molecule is c1ccc(-c2cccc(-c3ccc4sc5c(-c6cccc(-c7cccc8c7sc7ccccc78)c6)ncnc5c4c3)c2)cc1. The third kappa shape index (κ3) is 4.15. The Morgan fingerprint density at radius 3 is 1.93 bits per heavy atom. The highest BCUT2D eigenvalue weighted by molar-refractivity contribution is 7.26. The lowest BCUT2D eigenvalue weighted by molar-refractivity contribution is 1.24. The van der Waals surface area contributed by atoms with E-state index in [0.717, 1.165) is 21.5 Å². The number of hydrogen-bond donors (Lipinski definition) is 0. The van der Waals surface area contributed by atoms with Gasteiger partial charge < -0.3 is 0 Å². The van der Waals surface area contributed by atoms with E-state index in [1.807, 2.05) is 11.3 Å². The van der Waals surface area contributed by atoms with Gasteiger partial charge in [0.1, 0.15) is 6.33 Å². The summed E-state index contributed by atoms with van der Waals surface area (Å²) in [6, 6.07) is 50.2. The van der Waals surface area contributed by atoms with Crippen LogP contribution in [0.5, 0.6) is 0 Å². The second-order valence-electron chi connectivity index (χ2n) is 11.0. The Morgan fingerprint density at radius 2 is 1.02 bits per heavy atom. The normalized spacial score (nSPS) is 11.6. The zero-order valence-electron chi connectivity index (χ0n) is 23.6. The third-order valence-electron chi connectivity index (χ3n) is 8.40. The van der Waals surface area contributed by atoms with Crippen molar-refractivity contribution >= 4 is 63.1 Å². The van der Waals surface area contributed by atoms with Crippen molar-refractivity contribution in [1.82, 2.24) is 9.97 Å². The number of nitrogens with zero attached hydrogens (tertiary/aromatic N) is 2. The zero-order valence-corrected chi connectivity index (χ0v) is 25.2. The van der Waals surface area contributed by atoms with Gasteiger partial charge in [0, 0.05) is 35.8 Å². The van der Waals surface area contributed by atoms with Crippen LogP contribution in [0, 0.1) is 0 Å². The molecule has 2 nitrogen and oxygen atoms in total. The van der Waals surface area contributed by atoms with E-state index in [-0.39, 0.29) is 0 Å². The van der Waals surface area contributed by atoms with E-state index in [9.17, 15) is 0 Å². The lowest BCUT2D eigenvalue weighted by Gasteiger charge is -2.08. The molecule has 3 aromatic heterocycles. The fourth-order valence-corrected chi connectivity index (χ4v) is 8.67. The monoisotopic (exact) mass is 596 g/mol. The zero-order chi connectivity index (χ0) is 29.0. The number of benzene rings is 6. The molecule has 3 heterocycles. The Balaban J connectivity index is 1.15. The lowest BCUT2D eigenvalue weighted by atomic mass is 9.98. The van der Waals surface area contributed by atoms with E-state index in [4.69, 9.17) is 9.97 Å². The molecule has 0 N–H and O–H groups in total. The highest BCUT2D eigenvalue weighted by Crippen LogP contribution is 2.43. The molecule has 9 rings (SSSR count). The van der Waals surface area contributed by atoms with Crippen LogP contribution in [0.15, 0.2) is 146 Å². The molecule has 0 spiro atoms. The first-order valence-corrected chi connectivity index (χ1v) is 16.3. The predicted molar refractivity (Wildman–Crippen MR) is 190 cm³/mol. The molecule has 44 heavy (non-hydrogen) atoms. The first kappa shape index (κ1) is 25.3. The summed E-state index contributed by atoms with van der Waals surface area (Å²) >= 11 is 3.64. The van der Waals surface area contributed by atoms with Gasteiger partial charge in [0.05, 0.1) is 15.9 Å². The Kier molecular flexibility index (Phi) is 5.90. The van der Waals surface area contributed by atoms with Crippen molar-refractivity contribution in [1.29, 1.82) is 0 Å². The minimum absolute atomic E-state index is 0.981. The predicted octanol–water partition coefficient (Wildman–Crippen LogP) is 11.9. The van der Waals surface area contributed by atoms with Crippen LogP contribution in [0.2, 0.25) is 0 Å². The standard InChI is InChI=1S/C40H24N2S2/c1-2-9-25(10-3-1)26-11-6-12-27(21-26)28-19-20-36-34(23-28)38-40(44-36)37(41-24-42-38)30-14-7-13-29(22-30)31-16-8-17-33-32-15-4-5-18-35(32)43-39(31)33/h1-24H. The summed E-state index contributed by atoms with van der Waals surface area (Å²) in [4.78, 5) is 9.63. The average molecular weight is 597 g/mol. The first-order chi connectivity index (χ1) is 21.8. The summed E-state index contributed by atoms with van der Waals surface area (Å²) in [5.74, 6) is 0. The molecule has 0 unspecified atom stereocenters. The highest BCUT2D eigenvalue weighted by Gasteiger charge is 2.16. The van der Waals surface area contributed by atoms with Gasteiger partial charge in [0.2, 0.25) is 0 Å². The van der Waals surface area contributed by atoms with E-state index < -0.39 is 0 Å². The molecule has 0 amide bonds. The fourth-order valence-electron chi connectivity index (χ4n) is 6.28. The second kappa shape index (κ2) is 10.2. The minimum Gasteiger partial charge on any atom is -0.235 e. The van der Waals surface area contributed by atoms with Gasteiger partial charge in [0.25, 0.3) is 0 Å². The Bertz CT molecular complexity index is 2510. The van der Waals surface area contributed by atoms with E-state index in [1.54, 1.807) is 17.7 Å². The van der Waals surface area contributed by atoms with Crippen LogP contribution in [0.1, 0.15) is 0 Å². The molecule has 0 saturated carbocycles. The van der Waals surface area contributed by atoms with Gasteiger partial charge in [-0.3, -0.25) is 0 Å². The van der Waals surface area contributed by atoms with Gasteiger partial charge in [-0.25, -0.2) is 9.97 Å². The molecule has 0 saturated heterocycles. The molecule has 206 valence electrons. The number of fused-ring (bicyclic) bond motifs is 6. The summed E-state index contributed by atoms with van der Waals surface area (Å²) < 4.78 is 4.98. The summed E-state index contributed by atoms with van der Waals surface area (Å²) in [6.45, 7) is 0. The molecule has 9 aromatic rings. The molecule has 0 bridgehead atoms. The smallest absolute Gasteiger partial charge is 0.116 e. The van der Waals surface area contributed by atoms with Crippen molar-refractivity contribution in [2.75, 3.05) is 0 Å². The molecular formula is C40H24N2S2. The van der Waals surface area contributed by atoms with Crippen LogP contribution in [-0.4, -0.2) is 9.97 Å². The second-order valence-corrected chi connectivity index (χ2v) is 13.1. The Hall–Kier alpha value is -5.16. The van der Waals surface area contributed by atoms with Gasteiger partial charge in [0.15, 0.2) is 0 Å².